The summed E-state index contributed by atoms with van der Waals surface area (Å²) < 4.78 is 11.1. The molecule has 9 heteroatoms. The van der Waals surface area contributed by atoms with Crippen molar-refractivity contribution in [2.45, 2.75) is 37.5 Å². The van der Waals surface area contributed by atoms with Gasteiger partial charge in [0.15, 0.2) is 0 Å². The van der Waals surface area contributed by atoms with E-state index in [0.29, 0.717) is 45.3 Å². The number of benzene rings is 2. The summed E-state index contributed by atoms with van der Waals surface area (Å²) >= 11 is 18.4. The van der Waals surface area contributed by atoms with E-state index in [1.54, 1.807) is 12.1 Å². The Morgan fingerprint density at radius 3 is 2.48 bits per heavy atom. The summed E-state index contributed by atoms with van der Waals surface area (Å²) in [7, 11) is 1.50. The van der Waals surface area contributed by atoms with Gasteiger partial charge < -0.3 is 20.5 Å². The van der Waals surface area contributed by atoms with Crippen molar-refractivity contribution in [2.75, 3.05) is 26.1 Å². The number of nitrogen functional groups attached to an aromatic ring is 1. The molecule has 2 heterocycles. The van der Waals surface area contributed by atoms with Crippen LogP contribution in [0.4, 0.5) is 5.69 Å². The molecule has 31 heavy (non-hydrogen) atoms. The van der Waals surface area contributed by atoms with Gasteiger partial charge in [0, 0.05) is 30.7 Å². The SMILES string of the molecule is COc1cc(N)c(Cl)cc1C(=O)NC1CC2COCC(C1)N2Cc1ccc(Cl)c(Cl)c1. The molecule has 4 rings (SSSR count). The van der Waals surface area contributed by atoms with E-state index in [9.17, 15) is 4.79 Å². The van der Waals surface area contributed by atoms with Gasteiger partial charge in [-0.15, -0.1) is 0 Å². The molecule has 2 aliphatic heterocycles. The zero-order valence-corrected chi connectivity index (χ0v) is 19.3. The highest BCUT2D eigenvalue weighted by Crippen LogP contribution is 2.32. The van der Waals surface area contributed by atoms with Crippen LogP contribution in [0.25, 0.3) is 0 Å². The van der Waals surface area contributed by atoms with Crippen LogP contribution >= 0.6 is 34.8 Å². The van der Waals surface area contributed by atoms with Gasteiger partial charge in [-0.05, 0) is 36.6 Å². The molecule has 2 aromatic rings. The highest BCUT2D eigenvalue weighted by molar-refractivity contribution is 6.42. The van der Waals surface area contributed by atoms with E-state index in [0.717, 1.165) is 24.9 Å². The Bertz CT molecular complexity index is 974. The predicted octanol–water partition coefficient (Wildman–Crippen LogP) is 4.40. The number of methoxy groups -OCH3 is 1. The van der Waals surface area contributed by atoms with Crippen molar-refractivity contribution in [2.24, 2.45) is 0 Å². The quantitative estimate of drug-likeness (QED) is 0.615. The van der Waals surface area contributed by atoms with Crippen LogP contribution in [-0.2, 0) is 11.3 Å². The molecule has 0 spiro atoms. The Labute approximate surface area is 196 Å². The number of anilines is 1. The maximum Gasteiger partial charge on any atom is 0.255 e. The summed E-state index contributed by atoms with van der Waals surface area (Å²) in [5.41, 5.74) is 7.68. The van der Waals surface area contributed by atoms with Gasteiger partial charge in [0.2, 0.25) is 0 Å². The molecule has 2 aromatic carbocycles. The summed E-state index contributed by atoms with van der Waals surface area (Å²) in [5, 5.41) is 4.58. The topological polar surface area (TPSA) is 76.8 Å². The molecular weight excluding hydrogens is 461 g/mol. The first kappa shape index (κ1) is 22.5. The van der Waals surface area contributed by atoms with Crippen molar-refractivity contribution in [3.63, 3.8) is 0 Å². The molecule has 3 N–H and O–H groups in total. The van der Waals surface area contributed by atoms with Crippen molar-refractivity contribution >= 4 is 46.4 Å². The third-order valence-electron chi connectivity index (χ3n) is 5.92. The van der Waals surface area contributed by atoms with Crippen LogP contribution in [0.3, 0.4) is 0 Å². The number of hydrogen-bond donors (Lipinski definition) is 2. The minimum atomic E-state index is -0.222. The molecule has 2 saturated heterocycles. The zero-order valence-electron chi connectivity index (χ0n) is 17.0. The minimum absolute atomic E-state index is 0.0255. The van der Waals surface area contributed by atoms with Crippen LogP contribution in [0.15, 0.2) is 30.3 Å². The highest BCUT2D eigenvalue weighted by Gasteiger charge is 2.39. The Balaban J connectivity index is 1.46. The van der Waals surface area contributed by atoms with E-state index in [4.69, 9.17) is 50.0 Å². The number of nitrogens with zero attached hydrogens (tertiary/aromatic N) is 1. The smallest absolute Gasteiger partial charge is 0.255 e. The zero-order chi connectivity index (χ0) is 22.1. The summed E-state index contributed by atoms with van der Waals surface area (Å²) in [4.78, 5) is 15.4. The highest BCUT2D eigenvalue weighted by atomic mass is 35.5. The molecule has 1 amide bonds. The Morgan fingerprint density at radius 1 is 1.13 bits per heavy atom. The molecule has 2 aliphatic rings. The van der Waals surface area contributed by atoms with Crippen LogP contribution in [0, 0.1) is 0 Å². The van der Waals surface area contributed by atoms with E-state index >= 15 is 0 Å². The normalized spacial score (nSPS) is 23.4. The summed E-state index contributed by atoms with van der Waals surface area (Å²) in [5.74, 6) is 0.181. The van der Waals surface area contributed by atoms with Gasteiger partial charge in [-0.25, -0.2) is 0 Å². The van der Waals surface area contributed by atoms with Crippen molar-refractivity contribution in [3.8, 4) is 5.75 Å². The largest absolute Gasteiger partial charge is 0.496 e. The Kier molecular flexibility index (Phi) is 6.84. The monoisotopic (exact) mass is 483 g/mol. The van der Waals surface area contributed by atoms with Gasteiger partial charge >= 0.3 is 0 Å². The number of amides is 1. The van der Waals surface area contributed by atoms with Crippen LogP contribution in [0.5, 0.6) is 5.75 Å². The van der Waals surface area contributed by atoms with Crippen LogP contribution in [-0.4, -0.2) is 49.3 Å². The predicted molar refractivity (Wildman–Crippen MR) is 123 cm³/mol. The number of piperidine rings is 1. The fourth-order valence-electron chi connectivity index (χ4n) is 4.39. The van der Waals surface area contributed by atoms with Crippen LogP contribution in [0.1, 0.15) is 28.8 Å². The second-order valence-electron chi connectivity index (χ2n) is 7.98. The second kappa shape index (κ2) is 9.43. The lowest BCUT2D eigenvalue weighted by atomic mass is 9.89. The maximum absolute atomic E-state index is 13.0. The number of nitrogens with two attached hydrogens (primary N) is 1. The molecule has 166 valence electrons. The molecule has 6 nitrogen and oxygen atoms in total. The number of halogens is 3. The second-order valence-corrected chi connectivity index (χ2v) is 9.20. The van der Waals surface area contributed by atoms with Crippen molar-refractivity contribution in [3.05, 3.63) is 56.5 Å². The molecular formula is C22H24Cl3N3O3. The van der Waals surface area contributed by atoms with E-state index in [1.807, 2.05) is 18.2 Å². The molecule has 0 radical (unpaired) electrons. The summed E-state index contributed by atoms with van der Waals surface area (Å²) in [6.45, 7) is 2.01. The van der Waals surface area contributed by atoms with Crippen molar-refractivity contribution in [1.29, 1.82) is 0 Å². The van der Waals surface area contributed by atoms with E-state index in [-0.39, 0.29) is 24.0 Å². The van der Waals surface area contributed by atoms with E-state index in [2.05, 4.69) is 10.2 Å². The minimum Gasteiger partial charge on any atom is -0.496 e. The molecule has 0 saturated carbocycles. The average Bonchev–Trinajstić information content (AvgIpc) is 2.72. The lowest BCUT2D eigenvalue weighted by Crippen LogP contribution is -2.60. The lowest BCUT2D eigenvalue weighted by Gasteiger charge is -2.48. The molecule has 2 atom stereocenters. The fraction of sp³-hybridized carbons (Fsp3) is 0.409. The van der Waals surface area contributed by atoms with Crippen molar-refractivity contribution < 1.29 is 14.3 Å². The third kappa shape index (κ3) is 4.89. The maximum atomic E-state index is 13.0. The number of carbonyl (C=O) groups is 1. The van der Waals surface area contributed by atoms with Crippen molar-refractivity contribution in [1.82, 2.24) is 10.2 Å². The Hall–Kier alpha value is -1.70. The van der Waals surface area contributed by atoms with E-state index in [1.165, 1.54) is 7.11 Å². The molecule has 0 aliphatic carbocycles. The number of morpholine rings is 1. The van der Waals surface area contributed by atoms with Gasteiger partial charge in [-0.3, -0.25) is 9.69 Å². The molecule has 0 aromatic heterocycles. The van der Waals surface area contributed by atoms with E-state index < -0.39 is 0 Å². The first-order chi connectivity index (χ1) is 14.9. The number of hydrogen-bond acceptors (Lipinski definition) is 5. The Morgan fingerprint density at radius 2 is 1.84 bits per heavy atom. The summed E-state index contributed by atoms with van der Waals surface area (Å²) in [6.07, 6.45) is 1.57. The number of rotatable bonds is 5. The van der Waals surface area contributed by atoms with Gasteiger partial charge in [-0.2, -0.15) is 0 Å². The molecule has 2 unspecified atom stereocenters. The summed E-state index contributed by atoms with van der Waals surface area (Å²) in [6, 6.07) is 9.27. The molecule has 2 fully saturated rings. The van der Waals surface area contributed by atoms with Gasteiger partial charge in [-0.1, -0.05) is 40.9 Å². The molecule has 2 bridgehead atoms. The standard InChI is InChI=1S/C22H24Cl3N3O3/c1-30-21-8-20(26)19(25)7-16(21)22(29)27-13-5-14-10-31-11-15(6-13)28(14)9-12-2-3-17(23)18(24)4-12/h2-4,7-8,13-15H,5-6,9-11,26H2,1H3,(H,27,29). The van der Waals surface area contributed by atoms with Gasteiger partial charge in [0.25, 0.3) is 5.91 Å². The number of ether oxygens (including phenoxy) is 2. The van der Waals surface area contributed by atoms with Crippen LogP contribution < -0.4 is 15.8 Å². The number of carbonyl (C=O) groups excluding carboxylic acids is 1. The number of fused-ring (bicyclic) bond motifs is 2. The first-order valence-corrected chi connectivity index (χ1v) is 11.2. The van der Waals surface area contributed by atoms with Gasteiger partial charge in [0.1, 0.15) is 5.75 Å². The lowest BCUT2D eigenvalue weighted by molar-refractivity contribution is -0.0843. The average molecular weight is 485 g/mol. The fourth-order valence-corrected chi connectivity index (χ4v) is 4.88. The number of nitrogens with one attached hydrogen (secondary N) is 1. The third-order valence-corrected chi connectivity index (χ3v) is 6.99. The van der Waals surface area contributed by atoms with Gasteiger partial charge in [0.05, 0.1) is 46.6 Å². The first-order valence-electron chi connectivity index (χ1n) is 10.1. The van der Waals surface area contributed by atoms with Crippen LogP contribution in [0.2, 0.25) is 15.1 Å².